The lowest BCUT2D eigenvalue weighted by Crippen LogP contribution is -2.45. The number of hydrogen-bond donors (Lipinski definition) is 1. The molecule has 0 aliphatic carbocycles. The first-order valence-electron chi connectivity index (χ1n) is 9.69. The van der Waals surface area contributed by atoms with Crippen molar-refractivity contribution >= 4 is 0 Å². The zero-order chi connectivity index (χ0) is 15.2. The van der Waals surface area contributed by atoms with E-state index in [4.69, 9.17) is 4.74 Å². The van der Waals surface area contributed by atoms with E-state index in [9.17, 15) is 0 Å². The molecule has 0 aromatic heterocycles. The maximum atomic E-state index is 5.60. The predicted octanol–water partition coefficient (Wildman–Crippen LogP) is 5.31. The van der Waals surface area contributed by atoms with E-state index < -0.39 is 0 Å². The number of hydrogen-bond acceptors (Lipinski definition) is 2. The summed E-state index contributed by atoms with van der Waals surface area (Å²) in [4.78, 5) is 0. The monoisotopic (exact) mass is 297 g/mol. The first kappa shape index (κ1) is 19.0. The van der Waals surface area contributed by atoms with E-state index in [1.54, 1.807) is 0 Å². The highest BCUT2D eigenvalue weighted by molar-refractivity contribution is 4.77. The Kier molecular flexibility index (Phi) is 12.3. The Labute approximate surface area is 133 Å². The quantitative estimate of drug-likeness (QED) is 0.465. The molecular weight excluding hydrogens is 258 g/mol. The molecule has 0 amide bonds. The van der Waals surface area contributed by atoms with Gasteiger partial charge in [0.2, 0.25) is 0 Å². The number of rotatable bonds is 13. The summed E-state index contributed by atoms with van der Waals surface area (Å²) in [6.07, 6.45) is 17.0. The summed E-state index contributed by atoms with van der Waals surface area (Å²) in [7, 11) is 0. The Morgan fingerprint density at radius 2 is 1.52 bits per heavy atom. The number of ether oxygens (including phenoxy) is 1. The van der Waals surface area contributed by atoms with Crippen LogP contribution in [0.15, 0.2) is 0 Å². The summed E-state index contributed by atoms with van der Waals surface area (Å²) in [5.74, 6) is 0.819. The third-order valence-electron chi connectivity index (χ3n) is 4.97. The highest BCUT2D eigenvalue weighted by atomic mass is 16.5. The van der Waals surface area contributed by atoms with Gasteiger partial charge in [-0.05, 0) is 12.3 Å². The van der Waals surface area contributed by atoms with Gasteiger partial charge in [-0.15, -0.1) is 0 Å². The van der Waals surface area contributed by atoms with E-state index >= 15 is 0 Å². The maximum absolute atomic E-state index is 5.60. The molecule has 2 atom stereocenters. The average molecular weight is 298 g/mol. The lowest BCUT2D eigenvalue weighted by Gasteiger charge is -2.30. The number of nitrogens with one attached hydrogen (secondary N) is 1. The van der Waals surface area contributed by atoms with E-state index in [1.807, 2.05) is 0 Å². The molecule has 2 unspecified atom stereocenters. The fraction of sp³-hybridized carbons (Fsp3) is 1.00. The van der Waals surface area contributed by atoms with Crippen LogP contribution in [0.4, 0.5) is 0 Å². The summed E-state index contributed by atoms with van der Waals surface area (Å²) in [5, 5.41) is 3.63. The third-order valence-corrected chi connectivity index (χ3v) is 4.97. The van der Waals surface area contributed by atoms with E-state index in [0.717, 1.165) is 25.7 Å². The summed E-state index contributed by atoms with van der Waals surface area (Å²) >= 11 is 0. The molecule has 0 aromatic carbocycles. The van der Waals surface area contributed by atoms with Crippen molar-refractivity contribution in [2.24, 2.45) is 5.92 Å². The summed E-state index contributed by atoms with van der Waals surface area (Å²) in [6, 6.07) is 0.613. The van der Waals surface area contributed by atoms with Crippen LogP contribution >= 0.6 is 0 Å². The SMILES string of the molecule is CCCCCCCCCCCCC(CC)C1COCCN1. The van der Waals surface area contributed by atoms with Gasteiger partial charge >= 0.3 is 0 Å². The van der Waals surface area contributed by atoms with Gasteiger partial charge in [0.05, 0.1) is 13.2 Å². The van der Waals surface area contributed by atoms with Crippen LogP contribution < -0.4 is 5.32 Å². The topological polar surface area (TPSA) is 21.3 Å². The molecule has 21 heavy (non-hydrogen) atoms. The molecule has 1 saturated heterocycles. The molecule has 0 bridgehead atoms. The van der Waals surface area contributed by atoms with E-state index in [1.165, 1.54) is 77.0 Å². The van der Waals surface area contributed by atoms with Crippen molar-refractivity contribution in [1.29, 1.82) is 0 Å². The fourth-order valence-electron chi connectivity index (χ4n) is 3.47. The molecule has 0 saturated carbocycles. The smallest absolute Gasteiger partial charge is 0.0622 e. The van der Waals surface area contributed by atoms with Crippen molar-refractivity contribution in [2.75, 3.05) is 19.8 Å². The van der Waals surface area contributed by atoms with Gasteiger partial charge in [0, 0.05) is 12.6 Å². The molecule has 2 heteroatoms. The lowest BCUT2D eigenvalue weighted by molar-refractivity contribution is 0.0535. The molecule has 2 nitrogen and oxygen atoms in total. The van der Waals surface area contributed by atoms with Crippen molar-refractivity contribution in [2.45, 2.75) is 96.9 Å². The minimum atomic E-state index is 0.613. The van der Waals surface area contributed by atoms with Crippen molar-refractivity contribution in [1.82, 2.24) is 5.32 Å². The van der Waals surface area contributed by atoms with Gasteiger partial charge in [-0.1, -0.05) is 84.5 Å². The van der Waals surface area contributed by atoms with Gasteiger partial charge in [-0.25, -0.2) is 0 Å². The normalized spacial score (nSPS) is 20.6. The summed E-state index contributed by atoms with van der Waals surface area (Å²) < 4.78 is 5.60. The number of morpholine rings is 1. The van der Waals surface area contributed by atoms with Crippen molar-refractivity contribution < 1.29 is 4.74 Å². The van der Waals surface area contributed by atoms with E-state index in [0.29, 0.717) is 6.04 Å². The maximum Gasteiger partial charge on any atom is 0.0622 e. The second kappa shape index (κ2) is 13.6. The van der Waals surface area contributed by atoms with Crippen LogP contribution in [0.25, 0.3) is 0 Å². The van der Waals surface area contributed by atoms with Gasteiger partial charge in [-0.2, -0.15) is 0 Å². The highest BCUT2D eigenvalue weighted by Crippen LogP contribution is 2.20. The molecule has 0 spiro atoms. The fourth-order valence-corrected chi connectivity index (χ4v) is 3.47. The van der Waals surface area contributed by atoms with Gasteiger partial charge < -0.3 is 10.1 Å². The van der Waals surface area contributed by atoms with Crippen LogP contribution in [0.2, 0.25) is 0 Å². The Bertz CT molecular complexity index is 214. The number of unbranched alkanes of at least 4 members (excludes halogenated alkanes) is 9. The molecule has 1 fully saturated rings. The molecule has 0 aromatic rings. The molecule has 126 valence electrons. The van der Waals surface area contributed by atoms with Gasteiger partial charge in [0.1, 0.15) is 0 Å². The van der Waals surface area contributed by atoms with Crippen LogP contribution in [0.3, 0.4) is 0 Å². The second-order valence-electron chi connectivity index (χ2n) is 6.77. The van der Waals surface area contributed by atoms with Crippen LogP contribution in [-0.2, 0) is 4.74 Å². The zero-order valence-corrected chi connectivity index (χ0v) is 14.7. The van der Waals surface area contributed by atoms with Crippen LogP contribution in [0.5, 0.6) is 0 Å². The second-order valence-corrected chi connectivity index (χ2v) is 6.77. The lowest BCUT2D eigenvalue weighted by atomic mass is 9.90. The molecule has 1 heterocycles. The van der Waals surface area contributed by atoms with Crippen molar-refractivity contribution in [3.8, 4) is 0 Å². The Morgan fingerprint density at radius 3 is 2.05 bits per heavy atom. The largest absolute Gasteiger partial charge is 0.379 e. The highest BCUT2D eigenvalue weighted by Gasteiger charge is 2.21. The molecule has 1 aliphatic heterocycles. The standard InChI is InChI=1S/C19H39NO/c1-3-5-6-7-8-9-10-11-12-13-14-18(4-2)19-17-21-16-15-20-19/h18-20H,3-17H2,1-2H3. The molecule has 1 rings (SSSR count). The molecule has 1 N–H and O–H groups in total. The Balaban J connectivity index is 1.90. The van der Waals surface area contributed by atoms with Crippen LogP contribution in [0, 0.1) is 5.92 Å². The first-order chi connectivity index (χ1) is 10.4. The van der Waals surface area contributed by atoms with Crippen molar-refractivity contribution in [3.05, 3.63) is 0 Å². The van der Waals surface area contributed by atoms with Crippen LogP contribution in [-0.4, -0.2) is 25.8 Å². The first-order valence-corrected chi connectivity index (χ1v) is 9.69. The van der Waals surface area contributed by atoms with E-state index in [-0.39, 0.29) is 0 Å². The average Bonchev–Trinajstić information content (AvgIpc) is 2.54. The van der Waals surface area contributed by atoms with Gasteiger partial charge in [0.25, 0.3) is 0 Å². The minimum absolute atomic E-state index is 0.613. The summed E-state index contributed by atoms with van der Waals surface area (Å²) in [6.45, 7) is 7.48. The minimum Gasteiger partial charge on any atom is -0.379 e. The zero-order valence-electron chi connectivity index (χ0n) is 14.7. The van der Waals surface area contributed by atoms with Crippen LogP contribution in [0.1, 0.15) is 90.9 Å². The molecular formula is C19H39NO. The Morgan fingerprint density at radius 1 is 0.905 bits per heavy atom. The van der Waals surface area contributed by atoms with Crippen molar-refractivity contribution in [3.63, 3.8) is 0 Å². The molecule has 0 radical (unpaired) electrons. The van der Waals surface area contributed by atoms with Gasteiger partial charge in [-0.3, -0.25) is 0 Å². The summed E-state index contributed by atoms with van der Waals surface area (Å²) in [5.41, 5.74) is 0. The van der Waals surface area contributed by atoms with E-state index in [2.05, 4.69) is 19.2 Å². The Hall–Kier alpha value is -0.0800. The third kappa shape index (κ3) is 9.52. The molecule has 1 aliphatic rings. The van der Waals surface area contributed by atoms with Gasteiger partial charge in [0.15, 0.2) is 0 Å². The predicted molar refractivity (Wildman–Crippen MR) is 92.9 cm³/mol.